The summed E-state index contributed by atoms with van der Waals surface area (Å²) in [5.41, 5.74) is 0. The Balaban J connectivity index is 1.52. The average molecular weight is 362 g/mol. The smallest absolute Gasteiger partial charge is 0.195 e. The van der Waals surface area contributed by atoms with E-state index in [-0.39, 0.29) is 0 Å². The zero-order valence-electron chi connectivity index (χ0n) is 17.0. The van der Waals surface area contributed by atoms with E-state index in [1.54, 1.807) is 12.1 Å². The van der Waals surface area contributed by atoms with Gasteiger partial charge in [0.15, 0.2) is 5.83 Å². The van der Waals surface area contributed by atoms with Crippen LogP contribution in [0.2, 0.25) is 0 Å². The maximum absolute atomic E-state index is 13.1. The van der Waals surface area contributed by atoms with Crippen LogP contribution in [0.5, 0.6) is 0 Å². The van der Waals surface area contributed by atoms with E-state index in [1.165, 1.54) is 89.9 Å². The van der Waals surface area contributed by atoms with Crippen molar-refractivity contribution < 1.29 is 4.39 Å². The normalized spacial score (nSPS) is 30.1. The highest BCUT2D eigenvalue weighted by Gasteiger charge is 2.24. The van der Waals surface area contributed by atoms with E-state index in [0.29, 0.717) is 5.92 Å². The fourth-order valence-electron chi connectivity index (χ4n) is 5.20. The van der Waals surface area contributed by atoms with Crippen LogP contribution in [0.25, 0.3) is 0 Å². The molecule has 2 aliphatic rings. The summed E-state index contributed by atoms with van der Waals surface area (Å²) in [6.45, 7) is 2.29. The first-order valence-corrected chi connectivity index (χ1v) is 11.5. The minimum absolute atomic E-state index is 0.304. The topological polar surface area (TPSA) is 23.8 Å². The van der Waals surface area contributed by atoms with Crippen LogP contribution in [-0.4, -0.2) is 0 Å². The second kappa shape index (κ2) is 12.5. The monoisotopic (exact) mass is 361 g/mol. The van der Waals surface area contributed by atoms with Gasteiger partial charge in [-0.3, -0.25) is 0 Å². The average Bonchev–Trinajstić information content (AvgIpc) is 2.68. The van der Waals surface area contributed by atoms with Crippen molar-refractivity contribution in [3.8, 4) is 6.07 Å². The standard InChI is InChI=1S/C24H40FN/c1-2-3-4-5-6-7-20-8-10-21(11-9-20)12-13-22-14-16-23(17-15-22)18-24(25)19-26/h18,20-23H,2-17H2,1H3. The van der Waals surface area contributed by atoms with Crippen LogP contribution in [0.15, 0.2) is 11.9 Å². The van der Waals surface area contributed by atoms with Crippen LogP contribution in [0.1, 0.15) is 110 Å². The zero-order valence-corrected chi connectivity index (χ0v) is 17.0. The first-order valence-electron chi connectivity index (χ1n) is 11.5. The number of rotatable bonds is 10. The summed E-state index contributed by atoms with van der Waals surface area (Å²) in [5.74, 6) is 2.56. The van der Waals surface area contributed by atoms with Crippen molar-refractivity contribution >= 4 is 0 Å². The van der Waals surface area contributed by atoms with Gasteiger partial charge in [0.25, 0.3) is 0 Å². The molecule has 2 heteroatoms. The van der Waals surface area contributed by atoms with Crippen molar-refractivity contribution in [3.05, 3.63) is 11.9 Å². The largest absolute Gasteiger partial charge is 0.196 e. The van der Waals surface area contributed by atoms with Crippen LogP contribution in [0.3, 0.4) is 0 Å². The molecule has 0 aromatic rings. The molecule has 148 valence electrons. The predicted molar refractivity (Wildman–Crippen MR) is 108 cm³/mol. The molecule has 1 nitrogen and oxygen atoms in total. The Morgan fingerprint density at radius 3 is 1.85 bits per heavy atom. The predicted octanol–water partition coefficient (Wildman–Crippen LogP) is 8.12. The fraction of sp³-hybridized carbons (Fsp3) is 0.875. The molecule has 0 aromatic carbocycles. The van der Waals surface area contributed by atoms with Gasteiger partial charge in [0.1, 0.15) is 6.07 Å². The molecule has 0 spiro atoms. The van der Waals surface area contributed by atoms with Gasteiger partial charge in [0, 0.05) is 0 Å². The minimum atomic E-state index is -0.587. The third kappa shape index (κ3) is 8.24. The summed E-state index contributed by atoms with van der Waals surface area (Å²) >= 11 is 0. The molecule has 0 amide bonds. The van der Waals surface area contributed by atoms with Crippen LogP contribution in [0.4, 0.5) is 4.39 Å². The van der Waals surface area contributed by atoms with Crippen molar-refractivity contribution in [1.82, 2.24) is 0 Å². The third-order valence-corrected chi connectivity index (χ3v) is 7.05. The van der Waals surface area contributed by atoms with Crippen molar-refractivity contribution in [1.29, 1.82) is 5.26 Å². The van der Waals surface area contributed by atoms with E-state index in [0.717, 1.165) is 30.6 Å². The summed E-state index contributed by atoms with van der Waals surface area (Å²) in [5, 5.41) is 8.55. The molecule has 26 heavy (non-hydrogen) atoms. The molecular formula is C24H40FN. The maximum atomic E-state index is 13.1. The Morgan fingerprint density at radius 2 is 1.31 bits per heavy atom. The highest BCUT2D eigenvalue weighted by Crippen LogP contribution is 2.38. The highest BCUT2D eigenvalue weighted by atomic mass is 19.1. The van der Waals surface area contributed by atoms with Crippen LogP contribution in [0, 0.1) is 35.0 Å². The third-order valence-electron chi connectivity index (χ3n) is 7.05. The van der Waals surface area contributed by atoms with E-state index in [2.05, 4.69) is 6.92 Å². The second-order valence-electron chi connectivity index (χ2n) is 9.07. The Bertz CT molecular complexity index is 434. The highest BCUT2D eigenvalue weighted by molar-refractivity contribution is 5.13. The quantitative estimate of drug-likeness (QED) is 0.285. The number of halogens is 1. The van der Waals surface area contributed by atoms with Gasteiger partial charge in [-0.1, -0.05) is 84.0 Å². The molecule has 2 aliphatic carbocycles. The molecule has 0 aliphatic heterocycles. The molecule has 0 aromatic heterocycles. The number of hydrogen-bond donors (Lipinski definition) is 0. The van der Waals surface area contributed by atoms with Gasteiger partial charge in [0.05, 0.1) is 0 Å². The van der Waals surface area contributed by atoms with Gasteiger partial charge in [-0.2, -0.15) is 9.65 Å². The van der Waals surface area contributed by atoms with Crippen molar-refractivity contribution in [2.75, 3.05) is 0 Å². The number of unbranched alkanes of at least 4 members (excludes halogenated alkanes) is 4. The molecule has 2 rings (SSSR count). The lowest BCUT2D eigenvalue weighted by molar-refractivity contribution is 0.219. The maximum Gasteiger partial charge on any atom is 0.196 e. The molecule has 0 unspecified atom stereocenters. The molecule has 2 fully saturated rings. The summed E-state index contributed by atoms with van der Waals surface area (Å²) < 4.78 is 13.1. The number of allylic oxidation sites excluding steroid dienone is 2. The van der Waals surface area contributed by atoms with Crippen molar-refractivity contribution in [2.45, 2.75) is 110 Å². The lowest BCUT2D eigenvalue weighted by Crippen LogP contribution is -2.18. The van der Waals surface area contributed by atoms with E-state index in [4.69, 9.17) is 5.26 Å². The van der Waals surface area contributed by atoms with Crippen LogP contribution in [-0.2, 0) is 0 Å². The van der Waals surface area contributed by atoms with Gasteiger partial charge in [-0.25, -0.2) is 0 Å². The zero-order chi connectivity index (χ0) is 18.6. The van der Waals surface area contributed by atoms with Crippen molar-refractivity contribution in [3.63, 3.8) is 0 Å². The van der Waals surface area contributed by atoms with Crippen molar-refractivity contribution in [2.24, 2.45) is 23.7 Å². The van der Waals surface area contributed by atoms with Gasteiger partial charge in [-0.05, 0) is 55.4 Å². The molecular weight excluding hydrogens is 321 g/mol. The summed E-state index contributed by atoms with van der Waals surface area (Å²) in [4.78, 5) is 0. The van der Waals surface area contributed by atoms with E-state index in [9.17, 15) is 4.39 Å². The SMILES string of the molecule is CCCCCCCC1CCC(CCC2CCC(C=C(F)C#N)CC2)CC1. The molecule has 0 bridgehead atoms. The number of nitrogens with zero attached hydrogens (tertiary/aromatic N) is 1. The van der Waals surface area contributed by atoms with E-state index >= 15 is 0 Å². The fourth-order valence-corrected chi connectivity index (χ4v) is 5.20. The number of nitriles is 1. The van der Waals surface area contributed by atoms with Crippen LogP contribution >= 0.6 is 0 Å². The Kier molecular flexibility index (Phi) is 10.3. The summed E-state index contributed by atoms with van der Waals surface area (Å²) in [6, 6.07) is 1.61. The number of hydrogen-bond acceptors (Lipinski definition) is 1. The molecule has 0 heterocycles. The molecule has 2 saturated carbocycles. The second-order valence-corrected chi connectivity index (χ2v) is 9.07. The lowest BCUT2D eigenvalue weighted by Gasteiger charge is -2.31. The summed E-state index contributed by atoms with van der Waals surface area (Å²) in [6.07, 6.45) is 23.4. The van der Waals surface area contributed by atoms with Gasteiger partial charge in [-0.15, -0.1) is 0 Å². The lowest BCUT2D eigenvalue weighted by atomic mass is 9.75. The van der Waals surface area contributed by atoms with Gasteiger partial charge >= 0.3 is 0 Å². The first-order chi connectivity index (χ1) is 12.7. The molecule has 0 radical (unpaired) electrons. The molecule has 0 saturated heterocycles. The summed E-state index contributed by atoms with van der Waals surface area (Å²) in [7, 11) is 0. The Labute approximate surface area is 161 Å². The Morgan fingerprint density at radius 1 is 0.808 bits per heavy atom. The minimum Gasteiger partial charge on any atom is -0.195 e. The van der Waals surface area contributed by atoms with Gasteiger partial charge < -0.3 is 0 Å². The Hall–Kier alpha value is -0.840. The van der Waals surface area contributed by atoms with Gasteiger partial charge in [0.2, 0.25) is 0 Å². The first kappa shape index (κ1) is 21.5. The molecule has 0 atom stereocenters. The molecule has 0 N–H and O–H groups in total. The van der Waals surface area contributed by atoms with E-state index in [1.807, 2.05) is 0 Å². The van der Waals surface area contributed by atoms with E-state index < -0.39 is 5.83 Å². The van der Waals surface area contributed by atoms with Crippen LogP contribution < -0.4 is 0 Å².